The van der Waals surface area contributed by atoms with Crippen molar-refractivity contribution in [3.05, 3.63) is 71.3 Å². The number of benzene rings is 3. The standard InChI is InChI=1S/C20H19F.C4H6N2/c1-12-4-3-5-14-6-8-17-16-9-7-15(21)11-18(16)13(2)10-19(17)20(12)14;1-2-6-4-3-5-1/h6-12H,3-5H2,1-2H3;1-3,6H,4H2. The molecular formula is C24H25FN2. The second-order valence-electron chi connectivity index (χ2n) is 7.47. The van der Waals surface area contributed by atoms with Gasteiger partial charge in [-0.2, -0.15) is 0 Å². The van der Waals surface area contributed by atoms with E-state index >= 15 is 0 Å². The van der Waals surface area contributed by atoms with Crippen LogP contribution in [0.15, 0.2) is 53.8 Å². The highest BCUT2D eigenvalue weighted by atomic mass is 19.1. The summed E-state index contributed by atoms with van der Waals surface area (Å²) in [6, 6.07) is 11.9. The maximum Gasteiger partial charge on any atom is 0.123 e. The van der Waals surface area contributed by atoms with Crippen LogP contribution in [0, 0.1) is 12.7 Å². The highest BCUT2D eigenvalue weighted by Gasteiger charge is 2.20. The first kappa shape index (κ1) is 17.7. The molecule has 1 unspecified atom stereocenters. The molecule has 0 bridgehead atoms. The van der Waals surface area contributed by atoms with Crippen LogP contribution < -0.4 is 5.32 Å². The van der Waals surface area contributed by atoms with Crippen LogP contribution in [0.25, 0.3) is 21.5 Å². The van der Waals surface area contributed by atoms with E-state index in [1.807, 2.05) is 18.5 Å². The molecule has 2 nitrogen and oxygen atoms in total. The number of halogens is 1. The molecule has 3 aromatic rings. The summed E-state index contributed by atoms with van der Waals surface area (Å²) in [5, 5.41) is 7.80. The van der Waals surface area contributed by atoms with Gasteiger partial charge in [0.2, 0.25) is 0 Å². The van der Waals surface area contributed by atoms with Crippen LogP contribution in [0.2, 0.25) is 0 Å². The second kappa shape index (κ2) is 7.51. The number of fused-ring (bicyclic) bond motifs is 5. The van der Waals surface area contributed by atoms with E-state index < -0.39 is 0 Å². The van der Waals surface area contributed by atoms with Crippen LogP contribution >= 0.6 is 0 Å². The van der Waals surface area contributed by atoms with Gasteiger partial charge >= 0.3 is 0 Å². The molecule has 138 valence electrons. The first-order valence-electron chi connectivity index (χ1n) is 9.69. The molecule has 0 amide bonds. The van der Waals surface area contributed by atoms with Crippen molar-refractivity contribution >= 4 is 27.8 Å². The highest BCUT2D eigenvalue weighted by molar-refractivity contribution is 6.10. The van der Waals surface area contributed by atoms with Gasteiger partial charge in [-0.3, -0.25) is 4.99 Å². The molecule has 0 spiro atoms. The lowest BCUT2D eigenvalue weighted by Crippen LogP contribution is -2.09. The van der Waals surface area contributed by atoms with Crippen LogP contribution in [0.3, 0.4) is 0 Å². The van der Waals surface area contributed by atoms with Crippen molar-refractivity contribution < 1.29 is 4.39 Å². The summed E-state index contributed by atoms with van der Waals surface area (Å²) in [7, 11) is 0. The monoisotopic (exact) mass is 360 g/mol. The maximum absolute atomic E-state index is 13.6. The van der Waals surface area contributed by atoms with E-state index in [1.165, 1.54) is 52.1 Å². The fourth-order valence-electron chi connectivity index (χ4n) is 4.32. The van der Waals surface area contributed by atoms with E-state index in [4.69, 9.17) is 0 Å². The minimum absolute atomic E-state index is 0.156. The van der Waals surface area contributed by atoms with Gasteiger partial charge in [-0.05, 0) is 82.5 Å². The van der Waals surface area contributed by atoms with Gasteiger partial charge in [-0.1, -0.05) is 31.2 Å². The van der Waals surface area contributed by atoms with Crippen LogP contribution in [0.5, 0.6) is 0 Å². The molecule has 1 aliphatic carbocycles. The van der Waals surface area contributed by atoms with Crippen molar-refractivity contribution in [2.24, 2.45) is 4.99 Å². The zero-order valence-corrected chi connectivity index (χ0v) is 15.9. The predicted molar refractivity (Wildman–Crippen MR) is 113 cm³/mol. The topological polar surface area (TPSA) is 24.4 Å². The minimum atomic E-state index is -0.156. The van der Waals surface area contributed by atoms with Crippen molar-refractivity contribution in [1.82, 2.24) is 5.32 Å². The Morgan fingerprint density at radius 1 is 1.04 bits per heavy atom. The molecule has 3 aromatic carbocycles. The van der Waals surface area contributed by atoms with E-state index in [9.17, 15) is 4.39 Å². The van der Waals surface area contributed by atoms with E-state index in [0.717, 1.165) is 11.9 Å². The van der Waals surface area contributed by atoms with Gasteiger partial charge in [0.1, 0.15) is 5.82 Å². The summed E-state index contributed by atoms with van der Waals surface area (Å²) in [4.78, 5) is 3.81. The fraction of sp³-hybridized carbons (Fsp3) is 0.292. The first-order chi connectivity index (χ1) is 13.1. The van der Waals surface area contributed by atoms with E-state index in [-0.39, 0.29) is 5.82 Å². The number of hydrogen-bond acceptors (Lipinski definition) is 2. The Morgan fingerprint density at radius 3 is 2.56 bits per heavy atom. The number of rotatable bonds is 0. The number of aryl methyl sites for hydroxylation is 2. The summed E-state index contributed by atoms with van der Waals surface area (Å²) >= 11 is 0. The van der Waals surface area contributed by atoms with Crippen molar-refractivity contribution in [3.8, 4) is 0 Å². The molecule has 27 heavy (non-hydrogen) atoms. The van der Waals surface area contributed by atoms with Crippen molar-refractivity contribution in [3.63, 3.8) is 0 Å². The average Bonchev–Trinajstić information content (AvgIpc) is 2.70. The smallest absolute Gasteiger partial charge is 0.123 e. The SMILES string of the molecule is C1=CNCC=N1.Cc1cc2c3c(ccc2c2ccc(F)cc12)CCCC3C. The zero-order valence-electron chi connectivity index (χ0n) is 15.9. The van der Waals surface area contributed by atoms with Gasteiger partial charge < -0.3 is 5.32 Å². The number of hydrogen-bond donors (Lipinski definition) is 1. The molecule has 0 saturated carbocycles. The Labute approximate surface area is 159 Å². The molecule has 0 fully saturated rings. The predicted octanol–water partition coefficient (Wildman–Crippen LogP) is 6.01. The number of nitrogens with one attached hydrogen (secondary N) is 1. The summed E-state index contributed by atoms with van der Waals surface area (Å²) in [5.74, 6) is 0.464. The molecule has 1 heterocycles. The molecule has 3 heteroatoms. The van der Waals surface area contributed by atoms with Gasteiger partial charge in [0.25, 0.3) is 0 Å². The van der Waals surface area contributed by atoms with Crippen LogP contribution in [0.1, 0.15) is 42.4 Å². The van der Waals surface area contributed by atoms with E-state index in [2.05, 4.69) is 42.4 Å². The highest BCUT2D eigenvalue weighted by Crippen LogP contribution is 2.39. The average molecular weight is 360 g/mol. The Morgan fingerprint density at radius 2 is 1.85 bits per heavy atom. The van der Waals surface area contributed by atoms with Gasteiger partial charge in [0, 0.05) is 25.2 Å². The Kier molecular flexibility index (Phi) is 4.93. The van der Waals surface area contributed by atoms with Crippen molar-refractivity contribution in [2.75, 3.05) is 6.54 Å². The summed E-state index contributed by atoms with van der Waals surface area (Å²) in [5.41, 5.74) is 4.19. The van der Waals surface area contributed by atoms with Crippen LogP contribution in [-0.4, -0.2) is 12.8 Å². The normalized spacial score (nSPS) is 18.0. The van der Waals surface area contributed by atoms with Gasteiger partial charge in [-0.25, -0.2) is 4.39 Å². The molecule has 2 aliphatic rings. The van der Waals surface area contributed by atoms with Crippen molar-refractivity contribution in [1.29, 1.82) is 0 Å². The van der Waals surface area contributed by atoms with Gasteiger partial charge in [0.05, 0.1) is 0 Å². The van der Waals surface area contributed by atoms with Gasteiger partial charge in [0.15, 0.2) is 0 Å². The summed E-state index contributed by atoms with van der Waals surface area (Å²) < 4.78 is 13.6. The maximum atomic E-state index is 13.6. The van der Waals surface area contributed by atoms with E-state index in [1.54, 1.807) is 18.3 Å². The second-order valence-corrected chi connectivity index (χ2v) is 7.47. The molecule has 1 atom stereocenters. The van der Waals surface area contributed by atoms with Crippen molar-refractivity contribution in [2.45, 2.75) is 39.0 Å². The third-order valence-corrected chi connectivity index (χ3v) is 5.60. The molecule has 5 rings (SSSR count). The lowest BCUT2D eigenvalue weighted by molar-refractivity contribution is 0.595. The largest absolute Gasteiger partial charge is 0.385 e. The van der Waals surface area contributed by atoms with Crippen LogP contribution in [0.4, 0.5) is 4.39 Å². The third-order valence-electron chi connectivity index (χ3n) is 5.60. The molecular weight excluding hydrogens is 335 g/mol. The third kappa shape index (κ3) is 3.46. The summed E-state index contributed by atoms with van der Waals surface area (Å²) in [6.07, 6.45) is 9.11. The number of aliphatic imine (C=N–C) groups is 1. The minimum Gasteiger partial charge on any atom is -0.385 e. The van der Waals surface area contributed by atoms with Gasteiger partial charge in [-0.15, -0.1) is 0 Å². The lowest BCUT2D eigenvalue weighted by atomic mass is 9.80. The fourth-order valence-corrected chi connectivity index (χ4v) is 4.32. The summed E-state index contributed by atoms with van der Waals surface area (Å²) in [6.45, 7) is 5.30. The molecule has 0 aromatic heterocycles. The Bertz CT molecular complexity index is 1040. The molecule has 1 N–H and O–H groups in total. The quantitative estimate of drug-likeness (QED) is 0.488. The van der Waals surface area contributed by atoms with Crippen LogP contribution in [-0.2, 0) is 6.42 Å². The number of nitrogens with zero attached hydrogens (tertiary/aromatic N) is 1. The Hall–Kier alpha value is -2.68. The molecule has 0 radical (unpaired) electrons. The molecule has 0 saturated heterocycles. The van der Waals surface area contributed by atoms with E-state index in [0.29, 0.717) is 5.92 Å². The Balaban J connectivity index is 0.000000257. The molecule has 1 aliphatic heterocycles. The lowest BCUT2D eigenvalue weighted by Gasteiger charge is -2.25. The first-order valence-corrected chi connectivity index (χ1v) is 9.69. The zero-order chi connectivity index (χ0) is 18.8.